The van der Waals surface area contributed by atoms with Gasteiger partial charge in [-0.3, -0.25) is 9.71 Å². The second-order valence-corrected chi connectivity index (χ2v) is 8.13. The zero-order valence-corrected chi connectivity index (χ0v) is 15.5. The number of benzene rings is 2. The minimum absolute atomic E-state index is 0.0174. The average molecular weight is 389 g/mol. The highest BCUT2D eigenvalue weighted by molar-refractivity contribution is 7.92. The third-order valence-corrected chi connectivity index (χ3v) is 5.81. The molecule has 0 spiro atoms. The Morgan fingerprint density at radius 3 is 2.70 bits per heavy atom. The average Bonchev–Trinajstić information content (AvgIpc) is 3.01. The molecule has 0 radical (unpaired) electrons. The van der Waals surface area contributed by atoms with Crippen molar-refractivity contribution in [2.24, 2.45) is 0 Å². The van der Waals surface area contributed by atoms with E-state index in [4.69, 9.17) is 9.15 Å². The fourth-order valence-electron chi connectivity index (χ4n) is 3.10. The fraction of sp³-hybridized carbons (Fsp3) is 0.278. The van der Waals surface area contributed by atoms with Gasteiger partial charge in [0.1, 0.15) is 0 Å². The van der Waals surface area contributed by atoms with E-state index in [1.165, 1.54) is 18.2 Å². The highest BCUT2D eigenvalue weighted by Crippen LogP contribution is 2.23. The number of aromatic amines is 1. The summed E-state index contributed by atoms with van der Waals surface area (Å²) in [4.78, 5) is 15.9. The van der Waals surface area contributed by atoms with Crippen LogP contribution in [0.3, 0.4) is 0 Å². The molecule has 2 aromatic carbocycles. The van der Waals surface area contributed by atoms with Crippen LogP contribution in [0.25, 0.3) is 11.1 Å². The molecular weight excluding hydrogens is 370 g/mol. The molecule has 9 heteroatoms. The molecule has 1 atom stereocenters. The Kier molecular flexibility index (Phi) is 4.40. The molecule has 8 nitrogen and oxygen atoms in total. The van der Waals surface area contributed by atoms with Crippen molar-refractivity contribution >= 4 is 32.5 Å². The van der Waals surface area contributed by atoms with E-state index in [1.54, 1.807) is 12.1 Å². The molecule has 2 heterocycles. The first-order chi connectivity index (χ1) is 12.9. The first-order valence-electron chi connectivity index (χ1n) is 8.53. The fourth-order valence-corrected chi connectivity index (χ4v) is 4.17. The summed E-state index contributed by atoms with van der Waals surface area (Å²) in [6.07, 6.45) is 0.167. The standard InChI is InChI=1S/C18H19N3O5S/c1-12-11-21(8-9-25-12)14-4-2-13(3-5-14)20-27(23,24)15-6-7-16-17(10-15)26-18(22)19-16/h2-7,10,12,20H,8-9,11H2,1H3,(H,19,22). The summed E-state index contributed by atoms with van der Waals surface area (Å²) in [6, 6.07) is 11.4. The lowest BCUT2D eigenvalue weighted by atomic mass is 10.2. The van der Waals surface area contributed by atoms with Crippen molar-refractivity contribution in [3.8, 4) is 0 Å². The van der Waals surface area contributed by atoms with Crippen molar-refractivity contribution < 1.29 is 17.6 Å². The van der Waals surface area contributed by atoms with Crippen LogP contribution in [0.2, 0.25) is 0 Å². The van der Waals surface area contributed by atoms with Crippen molar-refractivity contribution in [2.45, 2.75) is 17.9 Å². The van der Waals surface area contributed by atoms with Gasteiger partial charge in [-0.2, -0.15) is 0 Å². The van der Waals surface area contributed by atoms with Crippen LogP contribution in [0.5, 0.6) is 0 Å². The summed E-state index contributed by atoms with van der Waals surface area (Å²) >= 11 is 0. The molecule has 1 fully saturated rings. The first-order valence-corrected chi connectivity index (χ1v) is 10.0. The van der Waals surface area contributed by atoms with Crippen molar-refractivity contribution in [1.29, 1.82) is 0 Å². The van der Waals surface area contributed by atoms with Crippen LogP contribution in [0.1, 0.15) is 6.92 Å². The van der Waals surface area contributed by atoms with Gasteiger partial charge in [-0.1, -0.05) is 0 Å². The molecular formula is C18H19N3O5S. The summed E-state index contributed by atoms with van der Waals surface area (Å²) in [7, 11) is -3.80. The third-order valence-electron chi connectivity index (χ3n) is 4.43. The molecule has 1 aromatic heterocycles. The molecule has 4 rings (SSSR count). The number of aromatic nitrogens is 1. The highest BCUT2D eigenvalue weighted by atomic mass is 32.2. The quantitative estimate of drug-likeness (QED) is 0.708. The van der Waals surface area contributed by atoms with E-state index >= 15 is 0 Å². The van der Waals surface area contributed by atoms with Crippen LogP contribution in [0.4, 0.5) is 11.4 Å². The molecule has 0 amide bonds. The van der Waals surface area contributed by atoms with Gasteiger partial charge in [-0.25, -0.2) is 13.2 Å². The van der Waals surface area contributed by atoms with Gasteiger partial charge in [0, 0.05) is 30.5 Å². The van der Waals surface area contributed by atoms with Crippen molar-refractivity contribution in [2.75, 3.05) is 29.3 Å². The molecule has 2 N–H and O–H groups in total. The molecule has 0 bridgehead atoms. The van der Waals surface area contributed by atoms with E-state index in [-0.39, 0.29) is 16.6 Å². The first kappa shape index (κ1) is 17.6. The SMILES string of the molecule is CC1CN(c2ccc(NS(=O)(=O)c3ccc4[nH]c(=O)oc4c3)cc2)CCO1. The van der Waals surface area contributed by atoms with Crippen LogP contribution in [0.15, 0.2) is 56.6 Å². The van der Waals surface area contributed by atoms with E-state index in [0.717, 1.165) is 18.8 Å². The van der Waals surface area contributed by atoms with Gasteiger partial charge in [0.25, 0.3) is 10.0 Å². The van der Waals surface area contributed by atoms with Gasteiger partial charge >= 0.3 is 5.76 Å². The number of nitrogens with one attached hydrogen (secondary N) is 2. The summed E-state index contributed by atoms with van der Waals surface area (Å²) in [5, 5.41) is 0. The predicted molar refractivity (Wildman–Crippen MR) is 102 cm³/mol. The Bertz CT molecular complexity index is 1120. The minimum atomic E-state index is -3.80. The zero-order chi connectivity index (χ0) is 19.0. The predicted octanol–water partition coefficient (Wildman–Crippen LogP) is 2.15. The number of hydrogen-bond acceptors (Lipinski definition) is 6. The molecule has 1 aliphatic rings. The third kappa shape index (κ3) is 3.69. The molecule has 27 heavy (non-hydrogen) atoms. The largest absolute Gasteiger partial charge is 0.417 e. The second-order valence-electron chi connectivity index (χ2n) is 6.45. The summed E-state index contributed by atoms with van der Waals surface area (Å²) < 4.78 is 38.2. The lowest BCUT2D eigenvalue weighted by Gasteiger charge is -2.33. The number of oxazole rings is 1. The Hall–Kier alpha value is -2.78. The Balaban J connectivity index is 1.54. The van der Waals surface area contributed by atoms with Gasteiger partial charge in [0.2, 0.25) is 0 Å². The number of rotatable bonds is 4. The maximum absolute atomic E-state index is 12.6. The van der Waals surface area contributed by atoms with Gasteiger partial charge in [-0.05, 0) is 43.3 Å². The van der Waals surface area contributed by atoms with Crippen LogP contribution in [0, 0.1) is 0 Å². The number of anilines is 2. The molecule has 3 aromatic rings. The zero-order valence-electron chi connectivity index (χ0n) is 14.6. The highest BCUT2D eigenvalue weighted by Gasteiger charge is 2.18. The van der Waals surface area contributed by atoms with Crippen LogP contribution in [-0.4, -0.2) is 39.2 Å². The molecule has 1 aliphatic heterocycles. The second kappa shape index (κ2) is 6.75. The smallest absolute Gasteiger partial charge is 0.408 e. The number of sulfonamides is 1. The number of hydrogen-bond donors (Lipinski definition) is 2. The lowest BCUT2D eigenvalue weighted by molar-refractivity contribution is 0.0532. The normalized spacial score (nSPS) is 18.0. The Labute approximate surface area is 155 Å². The van der Waals surface area contributed by atoms with Crippen LogP contribution in [-0.2, 0) is 14.8 Å². The number of morpholine rings is 1. The van der Waals surface area contributed by atoms with Crippen LogP contribution >= 0.6 is 0 Å². The molecule has 0 aliphatic carbocycles. The van der Waals surface area contributed by atoms with E-state index < -0.39 is 15.8 Å². The number of nitrogens with zero attached hydrogens (tertiary/aromatic N) is 1. The molecule has 142 valence electrons. The number of ether oxygens (including phenoxy) is 1. The van der Waals surface area contributed by atoms with Crippen LogP contribution < -0.4 is 15.4 Å². The van der Waals surface area contributed by atoms with Gasteiger partial charge in [-0.15, -0.1) is 0 Å². The maximum atomic E-state index is 12.6. The van der Waals surface area contributed by atoms with Crippen molar-refractivity contribution in [3.63, 3.8) is 0 Å². The van der Waals surface area contributed by atoms with E-state index in [2.05, 4.69) is 14.6 Å². The van der Waals surface area contributed by atoms with Gasteiger partial charge in [0.05, 0.1) is 23.1 Å². The van der Waals surface area contributed by atoms with Gasteiger partial charge in [0.15, 0.2) is 5.58 Å². The summed E-state index contributed by atoms with van der Waals surface area (Å²) in [6.45, 7) is 4.30. The summed E-state index contributed by atoms with van der Waals surface area (Å²) in [5.41, 5.74) is 2.11. The van der Waals surface area contributed by atoms with E-state index in [1.807, 2.05) is 19.1 Å². The summed E-state index contributed by atoms with van der Waals surface area (Å²) in [5.74, 6) is -0.625. The van der Waals surface area contributed by atoms with Crippen molar-refractivity contribution in [3.05, 3.63) is 53.0 Å². The lowest BCUT2D eigenvalue weighted by Crippen LogP contribution is -2.41. The Morgan fingerprint density at radius 2 is 1.96 bits per heavy atom. The Morgan fingerprint density at radius 1 is 1.19 bits per heavy atom. The van der Waals surface area contributed by atoms with E-state index in [9.17, 15) is 13.2 Å². The topological polar surface area (TPSA) is 105 Å². The number of H-pyrrole nitrogens is 1. The molecule has 1 unspecified atom stereocenters. The number of fused-ring (bicyclic) bond motifs is 1. The monoisotopic (exact) mass is 389 g/mol. The minimum Gasteiger partial charge on any atom is -0.408 e. The van der Waals surface area contributed by atoms with Crippen molar-refractivity contribution in [1.82, 2.24) is 4.98 Å². The maximum Gasteiger partial charge on any atom is 0.417 e. The molecule has 0 saturated carbocycles. The van der Waals surface area contributed by atoms with Gasteiger partial charge < -0.3 is 14.1 Å². The molecule has 1 saturated heterocycles. The van der Waals surface area contributed by atoms with E-state index in [0.29, 0.717) is 17.8 Å².